The maximum atomic E-state index is 12.3. The average Bonchev–Trinajstić information content (AvgIpc) is 3.04. The molecule has 20 heavy (non-hydrogen) atoms. The molecule has 1 aromatic carbocycles. The third-order valence-corrected chi connectivity index (χ3v) is 4.81. The second kappa shape index (κ2) is 5.25. The molecule has 2 N–H and O–H groups in total. The first-order valence-electron chi connectivity index (χ1n) is 6.65. The number of carboxylic acids is 1. The Hall–Kier alpha value is -1.88. The predicted molar refractivity (Wildman–Crippen MR) is 78.1 cm³/mol. The van der Waals surface area contributed by atoms with Gasteiger partial charge in [0.2, 0.25) is 0 Å². The van der Waals surface area contributed by atoms with E-state index >= 15 is 0 Å². The van der Waals surface area contributed by atoms with E-state index in [1.54, 1.807) is 11.3 Å². The summed E-state index contributed by atoms with van der Waals surface area (Å²) in [6.45, 7) is 0. The number of carbonyl (C=O) groups excluding carboxylic acids is 1. The minimum absolute atomic E-state index is 0.0257. The van der Waals surface area contributed by atoms with Gasteiger partial charge in [-0.15, -0.1) is 11.3 Å². The smallest absolute Gasteiger partial charge is 0.306 e. The van der Waals surface area contributed by atoms with Gasteiger partial charge in [-0.2, -0.15) is 0 Å². The van der Waals surface area contributed by atoms with Gasteiger partial charge >= 0.3 is 5.97 Å². The lowest BCUT2D eigenvalue weighted by Crippen LogP contribution is -2.33. The molecule has 0 saturated heterocycles. The number of rotatable bonds is 3. The SMILES string of the molecule is O=C(NC1CCC(C(=O)O)C1)c1csc2ccccc12. The van der Waals surface area contributed by atoms with Crippen molar-refractivity contribution >= 4 is 33.3 Å². The zero-order chi connectivity index (χ0) is 14.1. The molecule has 0 bridgehead atoms. The molecule has 1 amide bonds. The number of hydrogen-bond acceptors (Lipinski definition) is 3. The Morgan fingerprint density at radius 2 is 2.05 bits per heavy atom. The molecule has 3 rings (SSSR count). The van der Waals surface area contributed by atoms with E-state index in [1.165, 1.54) is 0 Å². The van der Waals surface area contributed by atoms with Crippen LogP contribution in [0, 0.1) is 5.92 Å². The number of thiophene rings is 1. The number of hydrogen-bond donors (Lipinski definition) is 2. The van der Waals surface area contributed by atoms with Gasteiger partial charge in [0, 0.05) is 21.5 Å². The molecule has 0 aliphatic heterocycles. The molecule has 1 heterocycles. The first-order chi connectivity index (χ1) is 9.65. The lowest BCUT2D eigenvalue weighted by Gasteiger charge is -2.12. The third kappa shape index (κ3) is 2.41. The van der Waals surface area contributed by atoms with Crippen molar-refractivity contribution in [1.29, 1.82) is 0 Å². The minimum atomic E-state index is -0.761. The Kier molecular flexibility index (Phi) is 3.44. The van der Waals surface area contributed by atoms with E-state index < -0.39 is 5.97 Å². The first-order valence-corrected chi connectivity index (χ1v) is 7.53. The number of amides is 1. The fraction of sp³-hybridized carbons (Fsp3) is 0.333. The highest BCUT2D eigenvalue weighted by molar-refractivity contribution is 7.17. The molecular weight excluding hydrogens is 274 g/mol. The van der Waals surface area contributed by atoms with Crippen molar-refractivity contribution in [1.82, 2.24) is 5.32 Å². The van der Waals surface area contributed by atoms with E-state index in [-0.39, 0.29) is 17.9 Å². The molecule has 0 radical (unpaired) electrons. The van der Waals surface area contributed by atoms with Crippen molar-refractivity contribution in [2.75, 3.05) is 0 Å². The lowest BCUT2D eigenvalue weighted by atomic mass is 10.1. The zero-order valence-corrected chi connectivity index (χ0v) is 11.7. The molecule has 2 aromatic rings. The van der Waals surface area contributed by atoms with Gasteiger partial charge in [0.1, 0.15) is 0 Å². The summed E-state index contributed by atoms with van der Waals surface area (Å²) in [5.74, 6) is -1.18. The Balaban J connectivity index is 1.73. The molecule has 5 heteroatoms. The van der Waals surface area contributed by atoms with Crippen molar-refractivity contribution in [2.45, 2.75) is 25.3 Å². The van der Waals surface area contributed by atoms with Crippen molar-refractivity contribution in [3.63, 3.8) is 0 Å². The van der Waals surface area contributed by atoms with Crippen LogP contribution in [0.15, 0.2) is 29.6 Å². The monoisotopic (exact) mass is 289 g/mol. The number of carboxylic acid groups (broad SMARTS) is 1. The minimum Gasteiger partial charge on any atom is -0.481 e. The maximum absolute atomic E-state index is 12.3. The molecule has 1 aliphatic rings. The molecule has 1 aliphatic carbocycles. The summed E-state index contributed by atoms with van der Waals surface area (Å²) < 4.78 is 1.09. The topological polar surface area (TPSA) is 66.4 Å². The predicted octanol–water partition coefficient (Wildman–Crippen LogP) is 2.88. The summed E-state index contributed by atoms with van der Waals surface area (Å²) in [7, 11) is 0. The highest BCUT2D eigenvalue weighted by atomic mass is 32.1. The Morgan fingerprint density at radius 3 is 2.80 bits per heavy atom. The summed E-state index contributed by atoms with van der Waals surface area (Å²) in [6, 6.07) is 7.78. The van der Waals surface area contributed by atoms with Gasteiger partial charge in [-0.1, -0.05) is 18.2 Å². The number of carbonyl (C=O) groups is 2. The van der Waals surface area contributed by atoms with Gasteiger partial charge in [-0.3, -0.25) is 9.59 Å². The van der Waals surface area contributed by atoms with Gasteiger partial charge < -0.3 is 10.4 Å². The summed E-state index contributed by atoms with van der Waals surface area (Å²) in [5, 5.41) is 14.8. The fourth-order valence-electron chi connectivity index (χ4n) is 2.75. The van der Waals surface area contributed by atoms with Gasteiger partial charge in [0.05, 0.1) is 11.5 Å². The molecule has 104 valence electrons. The van der Waals surface area contributed by atoms with Crippen molar-refractivity contribution in [3.05, 3.63) is 35.2 Å². The van der Waals surface area contributed by atoms with Crippen LogP contribution in [0.4, 0.5) is 0 Å². The largest absolute Gasteiger partial charge is 0.481 e. The van der Waals surface area contributed by atoms with Crippen LogP contribution in [0.5, 0.6) is 0 Å². The van der Waals surface area contributed by atoms with E-state index in [0.29, 0.717) is 18.4 Å². The van der Waals surface area contributed by atoms with Crippen LogP contribution in [0.1, 0.15) is 29.6 Å². The van der Waals surface area contributed by atoms with Crippen LogP contribution >= 0.6 is 11.3 Å². The summed E-state index contributed by atoms with van der Waals surface area (Å²) >= 11 is 1.55. The Labute approximate surface area is 120 Å². The lowest BCUT2D eigenvalue weighted by molar-refractivity contribution is -0.141. The van der Waals surface area contributed by atoms with Crippen molar-refractivity contribution < 1.29 is 14.7 Å². The van der Waals surface area contributed by atoms with Crippen LogP contribution in [-0.2, 0) is 4.79 Å². The fourth-order valence-corrected chi connectivity index (χ4v) is 3.69. The second-order valence-corrected chi connectivity index (χ2v) is 6.08. The van der Waals surface area contributed by atoms with E-state index in [2.05, 4.69) is 5.32 Å². The second-order valence-electron chi connectivity index (χ2n) is 5.16. The van der Waals surface area contributed by atoms with Crippen LogP contribution < -0.4 is 5.32 Å². The molecule has 1 fully saturated rings. The highest BCUT2D eigenvalue weighted by Crippen LogP contribution is 2.28. The summed E-state index contributed by atoms with van der Waals surface area (Å²) in [6.07, 6.45) is 1.92. The number of benzene rings is 1. The molecular formula is C15H15NO3S. The van der Waals surface area contributed by atoms with Crippen molar-refractivity contribution in [2.24, 2.45) is 5.92 Å². The van der Waals surface area contributed by atoms with Gasteiger partial charge in [-0.25, -0.2) is 0 Å². The standard InChI is InChI=1S/C15H15NO3S/c17-14(16-10-6-5-9(7-10)15(18)19)12-8-20-13-4-2-1-3-11(12)13/h1-4,8-10H,5-7H2,(H,16,17)(H,18,19). The van der Waals surface area contributed by atoms with E-state index in [4.69, 9.17) is 5.11 Å². The van der Waals surface area contributed by atoms with Crippen LogP contribution in [0.3, 0.4) is 0 Å². The Bertz CT molecular complexity index is 664. The van der Waals surface area contributed by atoms with Gasteiger partial charge in [0.15, 0.2) is 0 Å². The first kappa shape index (κ1) is 13.1. The van der Waals surface area contributed by atoms with Crippen LogP contribution in [0.2, 0.25) is 0 Å². The number of nitrogens with one attached hydrogen (secondary N) is 1. The zero-order valence-electron chi connectivity index (χ0n) is 10.8. The summed E-state index contributed by atoms with van der Waals surface area (Å²) in [4.78, 5) is 23.2. The molecule has 2 atom stereocenters. The third-order valence-electron chi connectivity index (χ3n) is 3.84. The van der Waals surface area contributed by atoms with Gasteiger partial charge in [-0.05, 0) is 25.3 Å². The van der Waals surface area contributed by atoms with E-state index in [9.17, 15) is 9.59 Å². The average molecular weight is 289 g/mol. The molecule has 4 nitrogen and oxygen atoms in total. The van der Waals surface area contributed by atoms with Crippen LogP contribution in [-0.4, -0.2) is 23.0 Å². The maximum Gasteiger partial charge on any atom is 0.306 e. The van der Waals surface area contributed by atoms with Crippen LogP contribution in [0.25, 0.3) is 10.1 Å². The normalized spacial score (nSPS) is 22.0. The number of aliphatic carboxylic acids is 1. The molecule has 1 saturated carbocycles. The van der Waals surface area contributed by atoms with E-state index in [0.717, 1.165) is 16.5 Å². The summed E-state index contributed by atoms with van der Waals surface area (Å²) in [5.41, 5.74) is 0.685. The Morgan fingerprint density at radius 1 is 1.25 bits per heavy atom. The highest BCUT2D eigenvalue weighted by Gasteiger charge is 2.30. The van der Waals surface area contributed by atoms with Gasteiger partial charge in [0.25, 0.3) is 5.91 Å². The quantitative estimate of drug-likeness (QED) is 0.913. The van der Waals surface area contributed by atoms with Crippen molar-refractivity contribution in [3.8, 4) is 0 Å². The molecule has 0 spiro atoms. The molecule has 2 unspecified atom stereocenters. The van der Waals surface area contributed by atoms with E-state index in [1.807, 2.05) is 29.6 Å². The molecule has 1 aromatic heterocycles. The number of fused-ring (bicyclic) bond motifs is 1.